The lowest BCUT2D eigenvalue weighted by Gasteiger charge is -2.26. The van der Waals surface area contributed by atoms with E-state index in [0.29, 0.717) is 6.04 Å². The molecule has 0 aliphatic carbocycles. The Kier molecular flexibility index (Phi) is 4.55. The van der Waals surface area contributed by atoms with Gasteiger partial charge in [-0.25, -0.2) is 0 Å². The predicted octanol–water partition coefficient (Wildman–Crippen LogP) is 2.22. The summed E-state index contributed by atoms with van der Waals surface area (Å²) >= 11 is 2.07. The van der Waals surface area contributed by atoms with E-state index in [4.69, 9.17) is 0 Å². The fourth-order valence-corrected chi connectivity index (χ4v) is 2.96. The molecule has 2 rings (SSSR count). The van der Waals surface area contributed by atoms with Gasteiger partial charge in [0.2, 0.25) is 0 Å². The van der Waals surface area contributed by atoms with Crippen LogP contribution < -0.4 is 10.2 Å². The standard InChI is InChI=1S/C13H20N2S/c1-15(13-5-3-2-4-6-13)9-7-12-11-16-10-8-14-12/h2-6,12,14H,7-11H2,1H3. The topological polar surface area (TPSA) is 15.3 Å². The van der Waals surface area contributed by atoms with E-state index in [2.05, 4.69) is 59.4 Å². The van der Waals surface area contributed by atoms with Crippen LogP contribution in [0.2, 0.25) is 0 Å². The van der Waals surface area contributed by atoms with E-state index < -0.39 is 0 Å². The Bertz CT molecular complexity index is 296. The number of anilines is 1. The largest absolute Gasteiger partial charge is 0.375 e. The summed E-state index contributed by atoms with van der Waals surface area (Å²) in [6, 6.07) is 11.3. The molecular weight excluding hydrogens is 216 g/mol. The van der Waals surface area contributed by atoms with Crippen LogP contribution in [0.15, 0.2) is 30.3 Å². The minimum absolute atomic E-state index is 0.699. The van der Waals surface area contributed by atoms with Crippen molar-refractivity contribution in [1.82, 2.24) is 5.32 Å². The second-order valence-electron chi connectivity index (χ2n) is 4.27. The number of hydrogen-bond donors (Lipinski definition) is 1. The molecule has 0 radical (unpaired) electrons. The van der Waals surface area contributed by atoms with E-state index in [1.54, 1.807) is 0 Å². The summed E-state index contributed by atoms with van der Waals surface area (Å²) < 4.78 is 0. The first-order chi connectivity index (χ1) is 7.86. The van der Waals surface area contributed by atoms with Crippen molar-refractivity contribution in [2.75, 3.05) is 36.5 Å². The number of rotatable bonds is 4. The molecular formula is C13H20N2S. The van der Waals surface area contributed by atoms with Crippen molar-refractivity contribution in [3.05, 3.63) is 30.3 Å². The Hall–Kier alpha value is -0.670. The Morgan fingerprint density at radius 2 is 2.19 bits per heavy atom. The summed E-state index contributed by atoms with van der Waals surface area (Å²) in [5.74, 6) is 2.54. The molecule has 1 heterocycles. The fourth-order valence-electron chi connectivity index (χ4n) is 1.97. The normalized spacial score (nSPS) is 20.7. The van der Waals surface area contributed by atoms with Gasteiger partial charge in [-0.1, -0.05) is 18.2 Å². The van der Waals surface area contributed by atoms with Crippen LogP contribution >= 0.6 is 11.8 Å². The Morgan fingerprint density at radius 1 is 1.38 bits per heavy atom. The zero-order chi connectivity index (χ0) is 11.2. The van der Waals surface area contributed by atoms with Gasteiger partial charge in [-0.3, -0.25) is 0 Å². The molecule has 88 valence electrons. The lowest BCUT2D eigenvalue weighted by Crippen LogP contribution is -2.39. The molecule has 1 aromatic rings. The van der Waals surface area contributed by atoms with Crippen LogP contribution in [0, 0.1) is 0 Å². The minimum Gasteiger partial charge on any atom is -0.375 e. The number of hydrogen-bond acceptors (Lipinski definition) is 3. The van der Waals surface area contributed by atoms with E-state index in [0.717, 1.165) is 6.54 Å². The van der Waals surface area contributed by atoms with Crippen molar-refractivity contribution >= 4 is 17.4 Å². The Labute approximate surface area is 102 Å². The van der Waals surface area contributed by atoms with E-state index in [1.165, 1.54) is 30.2 Å². The molecule has 1 atom stereocenters. The number of nitrogens with one attached hydrogen (secondary N) is 1. The lowest BCUT2D eigenvalue weighted by molar-refractivity contribution is 0.530. The number of thioether (sulfide) groups is 1. The van der Waals surface area contributed by atoms with Crippen LogP contribution in [0.1, 0.15) is 6.42 Å². The maximum absolute atomic E-state index is 3.58. The molecule has 2 nitrogen and oxygen atoms in total. The zero-order valence-corrected chi connectivity index (χ0v) is 10.7. The summed E-state index contributed by atoms with van der Waals surface area (Å²) in [7, 11) is 2.17. The van der Waals surface area contributed by atoms with E-state index in [1.807, 2.05) is 0 Å². The van der Waals surface area contributed by atoms with Gasteiger partial charge in [-0.2, -0.15) is 11.8 Å². The lowest BCUT2D eigenvalue weighted by atomic mass is 10.2. The number of para-hydroxylation sites is 1. The van der Waals surface area contributed by atoms with Crippen molar-refractivity contribution < 1.29 is 0 Å². The molecule has 0 spiro atoms. The highest BCUT2D eigenvalue weighted by Gasteiger charge is 2.13. The first kappa shape index (κ1) is 11.8. The smallest absolute Gasteiger partial charge is 0.0363 e. The number of benzene rings is 1. The Balaban J connectivity index is 1.77. The summed E-state index contributed by atoms with van der Waals surface area (Å²) in [6.45, 7) is 2.30. The van der Waals surface area contributed by atoms with Crippen LogP contribution in [0.4, 0.5) is 5.69 Å². The van der Waals surface area contributed by atoms with Crippen molar-refractivity contribution in [1.29, 1.82) is 0 Å². The second-order valence-corrected chi connectivity index (χ2v) is 5.42. The van der Waals surface area contributed by atoms with Crippen molar-refractivity contribution in [2.24, 2.45) is 0 Å². The third kappa shape index (κ3) is 3.42. The monoisotopic (exact) mass is 236 g/mol. The molecule has 1 aliphatic rings. The van der Waals surface area contributed by atoms with Crippen molar-refractivity contribution in [2.45, 2.75) is 12.5 Å². The maximum atomic E-state index is 3.58. The molecule has 3 heteroatoms. The van der Waals surface area contributed by atoms with Crippen molar-refractivity contribution in [3.63, 3.8) is 0 Å². The average Bonchev–Trinajstić information content (AvgIpc) is 2.38. The molecule has 1 aliphatic heterocycles. The molecule has 1 N–H and O–H groups in total. The van der Waals surface area contributed by atoms with Gasteiger partial charge >= 0.3 is 0 Å². The third-order valence-corrected chi connectivity index (χ3v) is 4.14. The average molecular weight is 236 g/mol. The predicted molar refractivity (Wildman–Crippen MR) is 73.4 cm³/mol. The molecule has 1 saturated heterocycles. The van der Waals surface area contributed by atoms with Crippen LogP contribution in [0.3, 0.4) is 0 Å². The highest BCUT2D eigenvalue weighted by atomic mass is 32.2. The van der Waals surface area contributed by atoms with Gasteiger partial charge in [0.05, 0.1) is 0 Å². The zero-order valence-electron chi connectivity index (χ0n) is 9.86. The third-order valence-electron chi connectivity index (χ3n) is 3.01. The molecule has 1 fully saturated rings. The summed E-state index contributed by atoms with van der Waals surface area (Å²) in [6.07, 6.45) is 1.23. The van der Waals surface area contributed by atoms with Gasteiger partial charge in [-0.05, 0) is 18.6 Å². The van der Waals surface area contributed by atoms with Gasteiger partial charge in [0.25, 0.3) is 0 Å². The van der Waals surface area contributed by atoms with Gasteiger partial charge in [0.1, 0.15) is 0 Å². The highest BCUT2D eigenvalue weighted by Crippen LogP contribution is 2.14. The molecule has 1 aromatic carbocycles. The van der Waals surface area contributed by atoms with Gasteiger partial charge in [0.15, 0.2) is 0 Å². The van der Waals surface area contributed by atoms with Crippen LogP contribution in [0.5, 0.6) is 0 Å². The minimum atomic E-state index is 0.699. The van der Waals surface area contributed by atoms with E-state index >= 15 is 0 Å². The highest BCUT2D eigenvalue weighted by molar-refractivity contribution is 7.99. The van der Waals surface area contributed by atoms with Gasteiger partial charge in [-0.15, -0.1) is 0 Å². The second kappa shape index (κ2) is 6.16. The van der Waals surface area contributed by atoms with E-state index in [9.17, 15) is 0 Å². The summed E-state index contributed by atoms with van der Waals surface area (Å²) in [5.41, 5.74) is 1.31. The molecule has 1 unspecified atom stereocenters. The number of nitrogens with zero attached hydrogens (tertiary/aromatic N) is 1. The first-order valence-corrected chi connectivity index (χ1v) is 7.09. The summed E-state index contributed by atoms with van der Waals surface area (Å²) in [4.78, 5) is 2.33. The van der Waals surface area contributed by atoms with Gasteiger partial charge < -0.3 is 10.2 Å². The fraction of sp³-hybridized carbons (Fsp3) is 0.538. The molecule has 0 bridgehead atoms. The molecule has 0 saturated carbocycles. The SMILES string of the molecule is CN(CCC1CSCCN1)c1ccccc1. The van der Waals surface area contributed by atoms with Crippen molar-refractivity contribution in [3.8, 4) is 0 Å². The quantitative estimate of drug-likeness (QED) is 0.863. The molecule has 0 aromatic heterocycles. The molecule has 16 heavy (non-hydrogen) atoms. The molecule has 0 amide bonds. The van der Waals surface area contributed by atoms with Crippen LogP contribution in [-0.4, -0.2) is 37.7 Å². The van der Waals surface area contributed by atoms with Crippen LogP contribution in [-0.2, 0) is 0 Å². The van der Waals surface area contributed by atoms with Gasteiger partial charge in [0, 0.05) is 43.4 Å². The first-order valence-electron chi connectivity index (χ1n) is 5.93. The Morgan fingerprint density at radius 3 is 2.88 bits per heavy atom. The maximum Gasteiger partial charge on any atom is 0.0363 e. The summed E-state index contributed by atoms with van der Waals surface area (Å²) in [5, 5.41) is 3.58. The van der Waals surface area contributed by atoms with Crippen LogP contribution in [0.25, 0.3) is 0 Å². The van der Waals surface area contributed by atoms with E-state index in [-0.39, 0.29) is 0 Å².